The minimum Gasteiger partial charge on any atom is -0.467 e. The van der Waals surface area contributed by atoms with Crippen LogP contribution in [-0.2, 0) is 23.8 Å². The van der Waals surface area contributed by atoms with E-state index in [-0.39, 0.29) is 24.5 Å². The second kappa shape index (κ2) is 9.40. The third kappa shape index (κ3) is 4.31. The van der Waals surface area contributed by atoms with Gasteiger partial charge in [-0.25, -0.2) is 9.59 Å². The maximum atomic E-state index is 12.9. The molecule has 2 aliphatic rings. The molecular weight excluding hydrogens is 412 g/mol. The molecular formula is C24H26N2O6. The largest absolute Gasteiger partial charge is 0.467 e. The highest BCUT2D eigenvalue weighted by Gasteiger charge is 2.39. The summed E-state index contributed by atoms with van der Waals surface area (Å²) in [4.78, 5) is 38.7. The molecule has 8 heteroatoms. The number of morpholine rings is 1. The predicted octanol–water partition coefficient (Wildman–Crippen LogP) is 2.20. The van der Waals surface area contributed by atoms with Crippen molar-refractivity contribution in [1.82, 2.24) is 5.32 Å². The van der Waals surface area contributed by atoms with E-state index in [0.717, 1.165) is 11.3 Å². The van der Waals surface area contributed by atoms with Crippen molar-refractivity contribution in [3.8, 4) is 0 Å². The van der Waals surface area contributed by atoms with Gasteiger partial charge in [0.25, 0.3) is 0 Å². The van der Waals surface area contributed by atoms with Gasteiger partial charge in [0.1, 0.15) is 6.61 Å². The van der Waals surface area contributed by atoms with E-state index in [0.29, 0.717) is 30.7 Å². The summed E-state index contributed by atoms with van der Waals surface area (Å²) in [6.45, 7) is 1.12. The summed E-state index contributed by atoms with van der Waals surface area (Å²) >= 11 is 0. The fourth-order valence-corrected chi connectivity index (χ4v) is 4.56. The molecule has 1 amide bonds. The van der Waals surface area contributed by atoms with E-state index in [9.17, 15) is 14.4 Å². The highest BCUT2D eigenvalue weighted by molar-refractivity contribution is 5.90. The lowest BCUT2D eigenvalue weighted by molar-refractivity contribution is -0.142. The molecule has 32 heavy (non-hydrogen) atoms. The van der Waals surface area contributed by atoms with Crippen molar-refractivity contribution in [1.29, 1.82) is 0 Å². The Kier molecular flexibility index (Phi) is 6.41. The lowest BCUT2D eigenvalue weighted by Crippen LogP contribution is -2.46. The molecule has 2 aromatic rings. The lowest BCUT2D eigenvalue weighted by atomic mass is 9.94. The molecule has 0 spiro atoms. The van der Waals surface area contributed by atoms with Crippen LogP contribution >= 0.6 is 0 Å². The third-order valence-corrected chi connectivity index (χ3v) is 5.95. The van der Waals surface area contributed by atoms with Gasteiger partial charge in [-0.1, -0.05) is 30.3 Å². The van der Waals surface area contributed by atoms with Gasteiger partial charge >= 0.3 is 11.9 Å². The monoisotopic (exact) mass is 438 g/mol. The summed E-state index contributed by atoms with van der Waals surface area (Å²) in [5.41, 5.74) is 3.04. The van der Waals surface area contributed by atoms with E-state index >= 15 is 0 Å². The summed E-state index contributed by atoms with van der Waals surface area (Å²) in [6, 6.07) is 14.0. The molecule has 0 aliphatic carbocycles. The molecule has 0 radical (unpaired) electrons. The van der Waals surface area contributed by atoms with Crippen LogP contribution in [0.1, 0.15) is 39.9 Å². The first-order valence-corrected chi connectivity index (χ1v) is 10.5. The Labute approximate surface area is 186 Å². The SMILES string of the molecule is COC(=O)c1cccc(C(C(=O)OC)N2CC(CC3COCC(=O)N3)c3ccccc32)c1. The molecule has 8 nitrogen and oxygen atoms in total. The van der Waals surface area contributed by atoms with E-state index in [2.05, 4.69) is 5.32 Å². The molecule has 1 N–H and O–H groups in total. The molecule has 2 aliphatic heterocycles. The summed E-state index contributed by atoms with van der Waals surface area (Å²) in [6.07, 6.45) is 0.690. The van der Waals surface area contributed by atoms with E-state index in [1.54, 1.807) is 24.3 Å². The van der Waals surface area contributed by atoms with E-state index in [1.807, 2.05) is 29.2 Å². The number of nitrogens with one attached hydrogen (secondary N) is 1. The molecule has 168 valence electrons. The Morgan fingerprint density at radius 1 is 1.16 bits per heavy atom. The van der Waals surface area contributed by atoms with Crippen molar-refractivity contribution in [2.45, 2.75) is 24.4 Å². The molecule has 3 atom stereocenters. The smallest absolute Gasteiger partial charge is 0.337 e. The number of carbonyl (C=O) groups excluding carboxylic acids is 3. The summed E-state index contributed by atoms with van der Waals surface area (Å²) in [7, 11) is 2.68. The Hall–Kier alpha value is -3.39. The highest BCUT2D eigenvalue weighted by Crippen LogP contribution is 2.43. The number of para-hydroxylation sites is 1. The fraction of sp³-hybridized carbons (Fsp3) is 0.375. The number of rotatable bonds is 6. The lowest BCUT2D eigenvalue weighted by Gasteiger charge is -2.30. The van der Waals surface area contributed by atoms with Crippen molar-refractivity contribution >= 4 is 23.5 Å². The number of amides is 1. The highest BCUT2D eigenvalue weighted by atomic mass is 16.5. The molecule has 2 aromatic carbocycles. The fourth-order valence-electron chi connectivity index (χ4n) is 4.56. The zero-order chi connectivity index (χ0) is 22.7. The first kappa shape index (κ1) is 21.8. The minimum absolute atomic E-state index is 0.0881. The van der Waals surface area contributed by atoms with Crippen LogP contribution < -0.4 is 10.2 Å². The van der Waals surface area contributed by atoms with Gasteiger partial charge in [-0.3, -0.25) is 4.79 Å². The average molecular weight is 438 g/mol. The second-order valence-electron chi connectivity index (χ2n) is 7.97. The van der Waals surface area contributed by atoms with Gasteiger partial charge in [0, 0.05) is 18.2 Å². The quantitative estimate of drug-likeness (QED) is 0.691. The van der Waals surface area contributed by atoms with Gasteiger partial charge in [-0.05, 0) is 35.7 Å². The molecule has 1 fully saturated rings. The van der Waals surface area contributed by atoms with Crippen molar-refractivity contribution in [2.75, 3.05) is 38.9 Å². The van der Waals surface area contributed by atoms with Crippen LogP contribution in [0.4, 0.5) is 5.69 Å². The Balaban J connectivity index is 1.67. The summed E-state index contributed by atoms with van der Waals surface area (Å²) in [5.74, 6) is -0.912. The predicted molar refractivity (Wildman–Crippen MR) is 116 cm³/mol. The van der Waals surface area contributed by atoms with Gasteiger partial charge in [0.05, 0.1) is 32.4 Å². The summed E-state index contributed by atoms with van der Waals surface area (Å²) < 4.78 is 15.4. The normalized spacial score (nSPS) is 20.8. The topological polar surface area (TPSA) is 94.2 Å². The van der Waals surface area contributed by atoms with Gasteiger partial charge in [0.15, 0.2) is 6.04 Å². The number of hydrogen-bond acceptors (Lipinski definition) is 7. The van der Waals surface area contributed by atoms with Gasteiger partial charge < -0.3 is 24.4 Å². The Bertz CT molecular complexity index is 1020. The van der Waals surface area contributed by atoms with Crippen molar-refractivity contribution < 1.29 is 28.6 Å². The molecule has 1 saturated heterocycles. The Morgan fingerprint density at radius 2 is 1.97 bits per heavy atom. The van der Waals surface area contributed by atoms with Crippen LogP contribution in [0.15, 0.2) is 48.5 Å². The number of ether oxygens (including phenoxy) is 3. The summed E-state index contributed by atoms with van der Waals surface area (Å²) in [5, 5.41) is 2.98. The first-order valence-electron chi connectivity index (χ1n) is 10.5. The number of nitrogens with zero attached hydrogens (tertiary/aromatic N) is 1. The standard InChI is InChI=1S/C24H26N2O6/c1-30-23(28)16-7-5-6-15(10-16)22(24(29)31-2)26-12-17(19-8-3-4-9-20(19)26)11-18-13-32-14-21(27)25-18/h3-10,17-18,22H,11-14H2,1-2H3,(H,25,27). The van der Waals surface area contributed by atoms with Crippen LogP contribution in [0.5, 0.6) is 0 Å². The number of fused-ring (bicyclic) bond motifs is 1. The number of esters is 2. The van der Waals surface area contributed by atoms with Crippen molar-refractivity contribution in [2.24, 2.45) is 0 Å². The number of carbonyl (C=O) groups is 3. The molecule has 0 aromatic heterocycles. The minimum atomic E-state index is -0.729. The third-order valence-electron chi connectivity index (χ3n) is 5.95. The van der Waals surface area contributed by atoms with E-state index in [4.69, 9.17) is 14.2 Å². The van der Waals surface area contributed by atoms with Gasteiger partial charge in [-0.2, -0.15) is 0 Å². The van der Waals surface area contributed by atoms with E-state index < -0.39 is 18.0 Å². The second-order valence-corrected chi connectivity index (χ2v) is 7.97. The van der Waals surface area contributed by atoms with Crippen LogP contribution in [0.3, 0.4) is 0 Å². The average Bonchev–Trinajstić information content (AvgIpc) is 3.16. The van der Waals surface area contributed by atoms with Crippen LogP contribution in [0.2, 0.25) is 0 Å². The van der Waals surface area contributed by atoms with Crippen molar-refractivity contribution in [3.63, 3.8) is 0 Å². The van der Waals surface area contributed by atoms with Gasteiger partial charge in [-0.15, -0.1) is 0 Å². The molecule has 2 heterocycles. The Morgan fingerprint density at radius 3 is 2.72 bits per heavy atom. The van der Waals surface area contributed by atoms with E-state index in [1.165, 1.54) is 14.2 Å². The maximum absolute atomic E-state index is 12.9. The number of benzene rings is 2. The van der Waals surface area contributed by atoms with Crippen molar-refractivity contribution in [3.05, 3.63) is 65.2 Å². The zero-order valence-corrected chi connectivity index (χ0v) is 18.1. The number of hydrogen-bond donors (Lipinski definition) is 1. The molecule has 0 saturated carbocycles. The van der Waals surface area contributed by atoms with Crippen LogP contribution in [0, 0.1) is 0 Å². The molecule has 4 rings (SSSR count). The number of methoxy groups -OCH3 is 2. The van der Waals surface area contributed by atoms with Crippen LogP contribution in [0.25, 0.3) is 0 Å². The number of anilines is 1. The van der Waals surface area contributed by atoms with Crippen LogP contribution in [-0.4, -0.2) is 57.9 Å². The maximum Gasteiger partial charge on any atom is 0.337 e. The molecule has 0 bridgehead atoms. The first-order chi connectivity index (χ1) is 15.5. The van der Waals surface area contributed by atoms with Gasteiger partial charge in [0.2, 0.25) is 5.91 Å². The molecule has 3 unspecified atom stereocenters. The zero-order valence-electron chi connectivity index (χ0n) is 18.1.